The SMILES string of the molecule is CC(C)(C)OC(=O)N1CCC(Sc2nc3ccccc3o2)C1. The van der Waals surface area contributed by atoms with Crippen LogP contribution in [0.1, 0.15) is 27.2 Å². The average molecular weight is 320 g/mol. The lowest BCUT2D eigenvalue weighted by Crippen LogP contribution is -2.35. The van der Waals surface area contributed by atoms with Crippen molar-refractivity contribution < 1.29 is 13.9 Å². The van der Waals surface area contributed by atoms with Gasteiger partial charge in [0.25, 0.3) is 5.22 Å². The normalized spacial score (nSPS) is 18.9. The minimum absolute atomic E-state index is 0.242. The summed E-state index contributed by atoms with van der Waals surface area (Å²) in [4.78, 5) is 18.3. The Morgan fingerprint density at radius 2 is 2.18 bits per heavy atom. The van der Waals surface area contributed by atoms with Crippen molar-refractivity contribution >= 4 is 29.0 Å². The topological polar surface area (TPSA) is 55.6 Å². The molecule has 1 aromatic heterocycles. The predicted octanol–water partition coefficient (Wildman–Crippen LogP) is 3.93. The fourth-order valence-electron chi connectivity index (χ4n) is 2.36. The first-order chi connectivity index (χ1) is 10.4. The monoisotopic (exact) mass is 320 g/mol. The van der Waals surface area contributed by atoms with E-state index in [0.717, 1.165) is 17.5 Å². The van der Waals surface area contributed by atoms with E-state index in [9.17, 15) is 4.79 Å². The van der Waals surface area contributed by atoms with Gasteiger partial charge >= 0.3 is 6.09 Å². The average Bonchev–Trinajstić information content (AvgIpc) is 3.02. The van der Waals surface area contributed by atoms with Crippen LogP contribution in [0, 0.1) is 0 Å². The van der Waals surface area contributed by atoms with E-state index in [2.05, 4.69) is 4.98 Å². The number of hydrogen-bond donors (Lipinski definition) is 0. The van der Waals surface area contributed by atoms with Gasteiger partial charge in [0.2, 0.25) is 0 Å². The Morgan fingerprint density at radius 3 is 2.91 bits per heavy atom. The van der Waals surface area contributed by atoms with E-state index in [-0.39, 0.29) is 6.09 Å². The highest BCUT2D eigenvalue weighted by molar-refractivity contribution is 7.99. The Bertz CT molecular complexity index is 644. The maximum absolute atomic E-state index is 12.1. The van der Waals surface area contributed by atoms with Crippen LogP contribution in [0.25, 0.3) is 11.1 Å². The molecule has 1 aliphatic rings. The first-order valence-corrected chi connectivity index (χ1v) is 8.29. The second-order valence-corrected chi connectivity index (χ2v) is 7.65. The smallest absolute Gasteiger partial charge is 0.410 e. The number of ether oxygens (including phenoxy) is 1. The molecule has 0 aliphatic carbocycles. The molecule has 1 aromatic carbocycles. The van der Waals surface area contributed by atoms with Gasteiger partial charge in [0.1, 0.15) is 11.1 Å². The number of thioether (sulfide) groups is 1. The molecule has 2 heterocycles. The molecule has 3 rings (SSSR count). The minimum Gasteiger partial charge on any atom is -0.444 e. The zero-order valence-corrected chi connectivity index (χ0v) is 13.9. The van der Waals surface area contributed by atoms with Crippen molar-refractivity contribution in [1.82, 2.24) is 9.88 Å². The van der Waals surface area contributed by atoms with Crippen LogP contribution in [0.4, 0.5) is 4.79 Å². The first kappa shape index (κ1) is 15.2. The van der Waals surface area contributed by atoms with Crippen molar-refractivity contribution in [2.24, 2.45) is 0 Å². The number of aromatic nitrogens is 1. The van der Waals surface area contributed by atoms with Crippen molar-refractivity contribution in [1.29, 1.82) is 0 Å². The maximum Gasteiger partial charge on any atom is 0.410 e. The Labute approximate surface area is 134 Å². The summed E-state index contributed by atoms with van der Waals surface area (Å²) in [5, 5.41) is 0.956. The standard InChI is InChI=1S/C16H20N2O3S/c1-16(2,3)21-15(19)18-9-8-11(10-18)22-14-17-12-6-4-5-7-13(12)20-14/h4-7,11H,8-10H2,1-3H3. The Kier molecular flexibility index (Phi) is 4.04. The molecule has 2 aromatic rings. The number of hydrogen-bond acceptors (Lipinski definition) is 5. The van der Waals surface area contributed by atoms with Crippen LogP contribution >= 0.6 is 11.8 Å². The number of rotatable bonds is 2. The van der Waals surface area contributed by atoms with Crippen molar-refractivity contribution in [3.63, 3.8) is 0 Å². The summed E-state index contributed by atoms with van der Waals surface area (Å²) in [5.74, 6) is 0. The zero-order valence-electron chi connectivity index (χ0n) is 13.0. The molecule has 1 saturated heterocycles. The highest BCUT2D eigenvalue weighted by Crippen LogP contribution is 2.31. The van der Waals surface area contributed by atoms with Gasteiger partial charge in [0.15, 0.2) is 5.58 Å². The number of nitrogens with zero attached hydrogens (tertiary/aromatic N) is 2. The second kappa shape index (κ2) is 5.83. The summed E-state index contributed by atoms with van der Waals surface area (Å²) in [7, 11) is 0. The fourth-order valence-corrected chi connectivity index (χ4v) is 3.41. The van der Waals surface area contributed by atoms with Gasteiger partial charge in [-0.25, -0.2) is 9.78 Å². The van der Waals surface area contributed by atoms with Gasteiger partial charge in [-0.1, -0.05) is 23.9 Å². The maximum atomic E-state index is 12.1. The quantitative estimate of drug-likeness (QED) is 0.839. The van der Waals surface area contributed by atoms with Crippen LogP contribution < -0.4 is 0 Å². The van der Waals surface area contributed by atoms with Gasteiger partial charge in [-0.15, -0.1) is 0 Å². The largest absolute Gasteiger partial charge is 0.444 e. The summed E-state index contributed by atoms with van der Waals surface area (Å²) < 4.78 is 11.1. The predicted molar refractivity (Wildman–Crippen MR) is 86.1 cm³/mol. The van der Waals surface area contributed by atoms with Crippen LogP contribution in [0.5, 0.6) is 0 Å². The van der Waals surface area contributed by atoms with Crippen LogP contribution in [-0.4, -0.2) is 39.9 Å². The minimum atomic E-state index is -0.456. The van der Waals surface area contributed by atoms with E-state index in [1.807, 2.05) is 45.0 Å². The lowest BCUT2D eigenvalue weighted by Gasteiger charge is -2.24. The van der Waals surface area contributed by atoms with Gasteiger partial charge in [-0.2, -0.15) is 0 Å². The Hall–Kier alpha value is -1.69. The molecular formula is C16H20N2O3S. The van der Waals surface area contributed by atoms with E-state index in [1.165, 1.54) is 0 Å². The van der Waals surface area contributed by atoms with Gasteiger partial charge in [0, 0.05) is 18.3 Å². The fraction of sp³-hybridized carbons (Fsp3) is 0.500. The molecule has 5 nitrogen and oxygen atoms in total. The molecule has 22 heavy (non-hydrogen) atoms. The Morgan fingerprint density at radius 1 is 1.41 bits per heavy atom. The molecule has 1 atom stereocenters. The van der Waals surface area contributed by atoms with Crippen molar-refractivity contribution in [2.75, 3.05) is 13.1 Å². The lowest BCUT2D eigenvalue weighted by molar-refractivity contribution is 0.0295. The van der Waals surface area contributed by atoms with E-state index >= 15 is 0 Å². The highest BCUT2D eigenvalue weighted by atomic mass is 32.2. The van der Waals surface area contributed by atoms with Crippen LogP contribution in [-0.2, 0) is 4.74 Å². The molecule has 0 spiro atoms. The van der Waals surface area contributed by atoms with E-state index in [1.54, 1.807) is 16.7 Å². The van der Waals surface area contributed by atoms with E-state index in [4.69, 9.17) is 9.15 Å². The van der Waals surface area contributed by atoms with Gasteiger partial charge in [-0.05, 0) is 39.3 Å². The molecule has 1 aliphatic heterocycles. The lowest BCUT2D eigenvalue weighted by atomic mass is 10.2. The molecule has 118 valence electrons. The first-order valence-electron chi connectivity index (χ1n) is 7.41. The Balaban J connectivity index is 1.60. The summed E-state index contributed by atoms with van der Waals surface area (Å²) in [6.07, 6.45) is 0.677. The summed E-state index contributed by atoms with van der Waals surface area (Å²) in [6.45, 7) is 7.02. The molecule has 1 unspecified atom stereocenters. The third kappa shape index (κ3) is 3.55. The zero-order chi connectivity index (χ0) is 15.7. The van der Waals surface area contributed by atoms with Gasteiger partial charge in [-0.3, -0.25) is 0 Å². The number of carbonyl (C=O) groups excluding carboxylic acids is 1. The molecule has 0 N–H and O–H groups in total. The number of amides is 1. The van der Waals surface area contributed by atoms with E-state index < -0.39 is 5.60 Å². The van der Waals surface area contributed by atoms with Crippen LogP contribution in [0.15, 0.2) is 33.9 Å². The highest BCUT2D eigenvalue weighted by Gasteiger charge is 2.31. The van der Waals surface area contributed by atoms with Crippen LogP contribution in [0.3, 0.4) is 0 Å². The second-order valence-electron chi connectivity index (χ2n) is 6.40. The number of fused-ring (bicyclic) bond motifs is 1. The molecule has 6 heteroatoms. The molecule has 1 amide bonds. The molecule has 0 bridgehead atoms. The summed E-state index contributed by atoms with van der Waals surface area (Å²) in [6, 6.07) is 7.72. The summed E-state index contributed by atoms with van der Waals surface area (Å²) >= 11 is 1.59. The number of benzene rings is 1. The van der Waals surface area contributed by atoms with E-state index in [0.29, 0.717) is 23.6 Å². The number of carbonyl (C=O) groups is 1. The number of para-hydroxylation sites is 2. The van der Waals surface area contributed by atoms with Gasteiger partial charge < -0.3 is 14.1 Å². The molecule has 0 radical (unpaired) electrons. The number of oxazole rings is 1. The third-order valence-corrected chi connectivity index (χ3v) is 4.43. The number of likely N-dealkylation sites (tertiary alicyclic amines) is 1. The molecular weight excluding hydrogens is 300 g/mol. The van der Waals surface area contributed by atoms with Crippen molar-refractivity contribution in [3.8, 4) is 0 Å². The molecule has 0 saturated carbocycles. The third-order valence-electron chi connectivity index (χ3n) is 3.34. The van der Waals surface area contributed by atoms with Crippen molar-refractivity contribution in [2.45, 2.75) is 43.3 Å². The van der Waals surface area contributed by atoms with Crippen LogP contribution in [0.2, 0.25) is 0 Å². The molecule has 1 fully saturated rings. The summed E-state index contributed by atoms with van der Waals surface area (Å²) in [5.41, 5.74) is 1.21. The van der Waals surface area contributed by atoms with Gasteiger partial charge in [0.05, 0.1) is 0 Å². The van der Waals surface area contributed by atoms with Crippen molar-refractivity contribution in [3.05, 3.63) is 24.3 Å².